The van der Waals surface area contributed by atoms with Gasteiger partial charge in [-0.1, -0.05) is 20.8 Å². The summed E-state index contributed by atoms with van der Waals surface area (Å²) in [5.41, 5.74) is 0.603. The lowest BCUT2D eigenvalue weighted by Gasteiger charge is -2.35. The summed E-state index contributed by atoms with van der Waals surface area (Å²) in [5, 5.41) is 5.04. The highest BCUT2D eigenvalue weighted by Gasteiger charge is 2.33. The van der Waals surface area contributed by atoms with Gasteiger partial charge >= 0.3 is 0 Å². The van der Waals surface area contributed by atoms with Gasteiger partial charge in [0.1, 0.15) is 11.6 Å². The number of halogens is 1. The number of likely N-dealkylation sites (tertiary alicyclic amines) is 1. The molecule has 8 heteroatoms. The number of amides is 2. The number of aromatic nitrogens is 1. The summed E-state index contributed by atoms with van der Waals surface area (Å²) in [6, 6.07) is 4.23. The first-order valence-electron chi connectivity index (χ1n) is 9.58. The third-order valence-corrected chi connectivity index (χ3v) is 5.65. The first kappa shape index (κ1) is 21.2. The summed E-state index contributed by atoms with van der Waals surface area (Å²) in [7, 11) is 1.51. The van der Waals surface area contributed by atoms with Gasteiger partial charge in [-0.2, -0.15) is 0 Å². The van der Waals surface area contributed by atoms with Gasteiger partial charge in [0.05, 0.1) is 18.7 Å². The second-order valence-corrected chi connectivity index (χ2v) is 9.07. The van der Waals surface area contributed by atoms with Crippen molar-refractivity contribution in [2.75, 3.05) is 25.5 Å². The number of rotatable bonds is 4. The van der Waals surface area contributed by atoms with Crippen LogP contribution in [0.2, 0.25) is 0 Å². The van der Waals surface area contributed by atoms with E-state index in [9.17, 15) is 14.0 Å². The average Bonchev–Trinajstić information content (AvgIpc) is 3.15. The smallest absolute Gasteiger partial charge is 0.231 e. The van der Waals surface area contributed by atoms with Gasteiger partial charge in [-0.3, -0.25) is 9.59 Å². The number of nitrogens with zero attached hydrogens (tertiary/aromatic N) is 2. The summed E-state index contributed by atoms with van der Waals surface area (Å²) in [6.45, 7) is 6.75. The Bertz CT molecular complexity index is 907. The number of piperidine rings is 1. The van der Waals surface area contributed by atoms with Crippen LogP contribution in [0.1, 0.15) is 33.6 Å². The Morgan fingerprint density at radius 3 is 2.79 bits per heavy atom. The Balaban J connectivity index is 1.69. The molecule has 0 bridgehead atoms. The van der Waals surface area contributed by atoms with Gasteiger partial charge < -0.3 is 15.0 Å². The molecular weight excluding hydrogens is 393 g/mol. The van der Waals surface area contributed by atoms with Gasteiger partial charge in [0.2, 0.25) is 11.8 Å². The van der Waals surface area contributed by atoms with Crippen molar-refractivity contribution in [3.05, 3.63) is 29.4 Å². The number of ether oxygens (including phenoxy) is 1. The fraction of sp³-hybridized carbons (Fsp3) is 0.476. The summed E-state index contributed by atoms with van der Waals surface area (Å²) in [5.74, 6) is -0.234. The first-order chi connectivity index (χ1) is 13.7. The van der Waals surface area contributed by atoms with Crippen molar-refractivity contribution < 1.29 is 18.7 Å². The van der Waals surface area contributed by atoms with E-state index in [0.717, 1.165) is 12.8 Å². The van der Waals surface area contributed by atoms with Crippen LogP contribution in [0.4, 0.5) is 9.52 Å². The molecule has 0 aliphatic carbocycles. The molecule has 0 spiro atoms. The standard InChI is InChI=1S/C21H26FN3O3S/c1-21(2,3)19(27)25-9-5-6-13(11-25)18(26)24-20-23-16(12-29-20)15-10-14(22)7-8-17(15)28-4/h7-8,10,12-13H,5-6,9,11H2,1-4H3,(H,23,24,26). The van der Waals surface area contributed by atoms with Crippen LogP contribution in [0.3, 0.4) is 0 Å². The highest BCUT2D eigenvalue weighted by Crippen LogP contribution is 2.33. The van der Waals surface area contributed by atoms with E-state index in [4.69, 9.17) is 4.74 Å². The maximum atomic E-state index is 13.6. The molecule has 1 atom stereocenters. The fourth-order valence-corrected chi connectivity index (χ4v) is 4.11. The molecule has 29 heavy (non-hydrogen) atoms. The highest BCUT2D eigenvalue weighted by atomic mass is 32.1. The number of anilines is 1. The molecule has 1 unspecified atom stereocenters. The van der Waals surface area contributed by atoms with E-state index in [2.05, 4.69) is 10.3 Å². The molecule has 2 aromatic rings. The zero-order valence-corrected chi connectivity index (χ0v) is 17.9. The van der Waals surface area contributed by atoms with Crippen LogP contribution in [0.5, 0.6) is 5.75 Å². The third-order valence-electron chi connectivity index (χ3n) is 4.89. The summed E-state index contributed by atoms with van der Waals surface area (Å²) >= 11 is 1.27. The minimum atomic E-state index is -0.466. The van der Waals surface area contributed by atoms with Crippen molar-refractivity contribution in [1.82, 2.24) is 9.88 Å². The number of thiazole rings is 1. The minimum absolute atomic E-state index is 0.0599. The largest absolute Gasteiger partial charge is 0.496 e. The lowest BCUT2D eigenvalue weighted by atomic mass is 9.91. The fourth-order valence-electron chi connectivity index (χ4n) is 3.39. The molecule has 1 aliphatic rings. The van der Waals surface area contributed by atoms with E-state index < -0.39 is 5.41 Å². The van der Waals surface area contributed by atoms with Gasteiger partial charge in [0.15, 0.2) is 5.13 Å². The van der Waals surface area contributed by atoms with E-state index in [1.165, 1.54) is 30.6 Å². The topological polar surface area (TPSA) is 71.5 Å². The van der Waals surface area contributed by atoms with Crippen molar-refractivity contribution in [1.29, 1.82) is 0 Å². The average molecular weight is 420 g/mol. The predicted molar refractivity (Wildman–Crippen MR) is 111 cm³/mol. The van der Waals surface area contributed by atoms with Crippen LogP contribution in [0, 0.1) is 17.2 Å². The van der Waals surface area contributed by atoms with Crippen LogP contribution in [-0.2, 0) is 9.59 Å². The number of hydrogen-bond donors (Lipinski definition) is 1. The molecule has 0 saturated carbocycles. The Kier molecular flexibility index (Phi) is 6.21. The van der Waals surface area contributed by atoms with Crippen LogP contribution in [-0.4, -0.2) is 41.9 Å². The second kappa shape index (κ2) is 8.49. The molecule has 156 valence electrons. The quantitative estimate of drug-likeness (QED) is 0.807. The molecule has 2 amide bonds. The number of benzene rings is 1. The van der Waals surface area contributed by atoms with Crippen LogP contribution in [0.25, 0.3) is 11.3 Å². The van der Waals surface area contributed by atoms with Crippen molar-refractivity contribution in [3.8, 4) is 17.0 Å². The molecule has 3 rings (SSSR count). The molecule has 2 heterocycles. The molecule has 1 aromatic heterocycles. The summed E-state index contributed by atoms with van der Waals surface area (Å²) < 4.78 is 18.9. The number of nitrogens with one attached hydrogen (secondary N) is 1. The van der Waals surface area contributed by atoms with E-state index in [1.807, 2.05) is 20.8 Å². The zero-order valence-electron chi connectivity index (χ0n) is 17.1. The lowest BCUT2D eigenvalue weighted by molar-refractivity contribution is -0.142. The van der Waals surface area contributed by atoms with E-state index in [0.29, 0.717) is 35.2 Å². The van der Waals surface area contributed by atoms with Crippen molar-refractivity contribution >= 4 is 28.3 Å². The number of carbonyl (C=O) groups excluding carboxylic acids is 2. The Morgan fingerprint density at radius 2 is 2.10 bits per heavy atom. The molecule has 6 nitrogen and oxygen atoms in total. The number of carbonyl (C=O) groups is 2. The SMILES string of the molecule is COc1ccc(F)cc1-c1csc(NC(=O)C2CCCN(C(=O)C(C)(C)C)C2)n1. The molecular formula is C21H26FN3O3S. The van der Waals surface area contributed by atoms with Crippen molar-refractivity contribution in [2.24, 2.45) is 11.3 Å². The lowest BCUT2D eigenvalue weighted by Crippen LogP contribution is -2.47. The zero-order chi connectivity index (χ0) is 21.2. The van der Waals surface area contributed by atoms with Gasteiger partial charge in [-0.05, 0) is 31.0 Å². The van der Waals surface area contributed by atoms with Gasteiger partial charge in [0.25, 0.3) is 0 Å². The van der Waals surface area contributed by atoms with Crippen LogP contribution >= 0.6 is 11.3 Å². The van der Waals surface area contributed by atoms with E-state index in [-0.39, 0.29) is 23.5 Å². The van der Waals surface area contributed by atoms with Gasteiger partial charge in [-0.25, -0.2) is 9.37 Å². The molecule has 1 aliphatic heterocycles. The number of hydrogen-bond acceptors (Lipinski definition) is 5. The maximum Gasteiger partial charge on any atom is 0.231 e. The molecule has 1 fully saturated rings. The van der Waals surface area contributed by atoms with E-state index >= 15 is 0 Å². The predicted octanol–water partition coefficient (Wildman–Crippen LogP) is 4.18. The van der Waals surface area contributed by atoms with Gasteiger partial charge in [-0.15, -0.1) is 11.3 Å². The Labute approximate surface area is 174 Å². The normalized spacial score (nSPS) is 17.1. The summed E-state index contributed by atoms with van der Waals surface area (Å²) in [4.78, 5) is 31.5. The van der Waals surface area contributed by atoms with Crippen molar-refractivity contribution in [2.45, 2.75) is 33.6 Å². The Morgan fingerprint density at radius 1 is 1.34 bits per heavy atom. The van der Waals surface area contributed by atoms with E-state index in [1.54, 1.807) is 16.3 Å². The molecule has 1 aromatic carbocycles. The van der Waals surface area contributed by atoms with Crippen LogP contribution < -0.4 is 10.1 Å². The number of methoxy groups -OCH3 is 1. The maximum absolute atomic E-state index is 13.6. The minimum Gasteiger partial charge on any atom is -0.496 e. The molecule has 1 saturated heterocycles. The second-order valence-electron chi connectivity index (χ2n) is 8.21. The highest BCUT2D eigenvalue weighted by molar-refractivity contribution is 7.14. The summed E-state index contributed by atoms with van der Waals surface area (Å²) in [6.07, 6.45) is 1.53. The monoisotopic (exact) mass is 419 g/mol. The molecule has 0 radical (unpaired) electrons. The molecule has 1 N–H and O–H groups in total. The van der Waals surface area contributed by atoms with Gasteiger partial charge in [0, 0.05) is 29.4 Å². The first-order valence-corrected chi connectivity index (χ1v) is 10.5. The van der Waals surface area contributed by atoms with Crippen LogP contribution in [0.15, 0.2) is 23.6 Å². The third kappa shape index (κ3) is 4.93. The van der Waals surface area contributed by atoms with Crippen molar-refractivity contribution in [3.63, 3.8) is 0 Å². The Hall–Kier alpha value is -2.48.